The van der Waals surface area contributed by atoms with Gasteiger partial charge in [-0.2, -0.15) is 0 Å². The summed E-state index contributed by atoms with van der Waals surface area (Å²) >= 11 is 0. The number of nitrogens with zero attached hydrogens (tertiary/aromatic N) is 3. The summed E-state index contributed by atoms with van der Waals surface area (Å²) in [6, 6.07) is 11.2. The number of hydrogen-bond donors (Lipinski definition) is 1. The lowest BCUT2D eigenvalue weighted by atomic mass is 9.78. The molecule has 2 aliphatic heterocycles. The molecule has 2 N–H and O–H groups in total. The molecule has 1 saturated heterocycles. The molecule has 0 aromatic heterocycles. The Kier molecular flexibility index (Phi) is 9.20. The van der Waals surface area contributed by atoms with Gasteiger partial charge < -0.3 is 24.8 Å². The van der Waals surface area contributed by atoms with Gasteiger partial charge in [0.2, 0.25) is 11.8 Å². The maximum Gasteiger partial charge on any atom is 0.274 e. The number of carbonyl (C=O) groups is 3. The van der Waals surface area contributed by atoms with Crippen molar-refractivity contribution in [2.45, 2.75) is 42.2 Å². The Balaban J connectivity index is 1.90. The van der Waals surface area contributed by atoms with Crippen LogP contribution in [-0.2, 0) is 36.4 Å². The normalized spacial score (nSPS) is 19.7. The molecule has 250 valence electrons. The number of rotatable bonds is 10. The van der Waals surface area contributed by atoms with E-state index in [9.17, 15) is 18.0 Å². The number of ether oxygens (including phenoxy) is 3. The summed E-state index contributed by atoms with van der Waals surface area (Å²) in [7, 11) is 2.50. The standard InChI is InChI=1S/C33H37FN4O8S/c1-36(2)31(40)26-8-6-7-15-37(26)33(24-16-20(17-30(35)39)9-13-27(24)45-4)23-18-21(34)10-12-25(23)38(32(33)41)47(42,43)29-14-11-22(44-3)19-28(29)46-5/h9-14,16,18-19,26H,6-8,15,17H2,1-5H3,(H2,35,39)/t26-,33?/m0/s1. The number of likely N-dealkylation sites (tertiary alicyclic amines) is 1. The highest BCUT2D eigenvalue weighted by atomic mass is 32.2. The molecule has 0 bridgehead atoms. The monoisotopic (exact) mass is 668 g/mol. The van der Waals surface area contributed by atoms with Crippen LogP contribution in [0.3, 0.4) is 0 Å². The number of carbonyl (C=O) groups excluding carboxylic acids is 3. The third kappa shape index (κ3) is 5.54. The minimum absolute atomic E-state index is 0.00784. The highest BCUT2D eigenvalue weighted by Gasteiger charge is 2.62. The van der Waals surface area contributed by atoms with Gasteiger partial charge in [0.25, 0.3) is 15.9 Å². The molecule has 12 nitrogen and oxygen atoms in total. The van der Waals surface area contributed by atoms with Crippen LogP contribution in [0.1, 0.15) is 36.0 Å². The third-order valence-corrected chi connectivity index (χ3v) is 10.4. The average molecular weight is 669 g/mol. The summed E-state index contributed by atoms with van der Waals surface area (Å²) in [5.41, 5.74) is 3.85. The molecular weight excluding hydrogens is 631 g/mol. The Morgan fingerprint density at radius 3 is 2.32 bits per heavy atom. The topological polar surface area (TPSA) is 149 Å². The fraction of sp³-hybridized carbons (Fsp3) is 0.364. The van der Waals surface area contributed by atoms with E-state index < -0.39 is 39.2 Å². The van der Waals surface area contributed by atoms with Crippen LogP contribution in [0.4, 0.5) is 10.1 Å². The maximum absolute atomic E-state index is 15.4. The van der Waals surface area contributed by atoms with E-state index in [0.717, 1.165) is 12.1 Å². The van der Waals surface area contributed by atoms with Gasteiger partial charge in [-0.1, -0.05) is 12.5 Å². The number of amides is 3. The average Bonchev–Trinajstić information content (AvgIpc) is 3.31. The number of hydrogen-bond acceptors (Lipinski definition) is 9. The zero-order valence-corrected chi connectivity index (χ0v) is 27.6. The predicted octanol–water partition coefficient (Wildman–Crippen LogP) is 2.80. The van der Waals surface area contributed by atoms with Gasteiger partial charge >= 0.3 is 0 Å². The molecule has 0 aliphatic carbocycles. The number of anilines is 1. The van der Waals surface area contributed by atoms with E-state index in [0.29, 0.717) is 34.9 Å². The van der Waals surface area contributed by atoms with Crippen LogP contribution in [0, 0.1) is 5.82 Å². The second-order valence-corrected chi connectivity index (χ2v) is 13.3. The van der Waals surface area contributed by atoms with E-state index >= 15 is 9.18 Å². The molecule has 0 radical (unpaired) electrons. The number of primary amides is 1. The molecule has 3 aromatic rings. The van der Waals surface area contributed by atoms with Crippen LogP contribution in [0.5, 0.6) is 17.2 Å². The first kappa shape index (κ1) is 33.7. The van der Waals surface area contributed by atoms with Crippen molar-refractivity contribution in [2.24, 2.45) is 5.73 Å². The van der Waals surface area contributed by atoms with Crippen molar-refractivity contribution in [3.63, 3.8) is 0 Å². The minimum Gasteiger partial charge on any atom is -0.497 e. The first-order chi connectivity index (χ1) is 22.3. The molecule has 2 atom stereocenters. The fourth-order valence-corrected chi connectivity index (χ4v) is 8.20. The molecular formula is C33H37FN4O8S. The Morgan fingerprint density at radius 1 is 0.957 bits per heavy atom. The molecule has 0 spiro atoms. The lowest BCUT2D eigenvalue weighted by Gasteiger charge is -2.47. The Bertz CT molecular complexity index is 1850. The van der Waals surface area contributed by atoms with E-state index in [1.807, 2.05) is 0 Å². The van der Waals surface area contributed by atoms with E-state index in [1.54, 1.807) is 25.1 Å². The summed E-state index contributed by atoms with van der Waals surface area (Å²) in [5, 5.41) is 0. The number of nitrogens with two attached hydrogens (primary N) is 1. The van der Waals surface area contributed by atoms with Crippen molar-refractivity contribution in [3.8, 4) is 17.2 Å². The van der Waals surface area contributed by atoms with Gasteiger partial charge in [-0.25, -0.2) is 17.1 Å². The molecule has 0 saturated carbocycles. The second kappa shape index (κ2) is 12.8. The van der Waals surface area contributed by atoms with Crippen LogP contribution in [0.2, 0.25) is 0 Å². The zero-order valence-electron chi connectivity index (χ0n) is 26.8. The molecule has 2 heterocycles. The quantitative estimate of drug-likeness (QED) is 0.344. The number of piperidine rings is 1. The molecule has 14 heteroatoms. The smallest absolute Gasteiger partial charge is 0.274 e. The Hall–Kier alpha value is -4.69. The Morgan fingerprint density at radius 2 is 1.68 bits per heavy atom. The molecule has 1 unspecified atom stereocenters. The summed E-state index contributed by atoms with van der Waals surface area (Å²) in [4.78, 5) is 43.9. The maximum atomic E-state index is 15.4. The van der Waals surface area contributed by atoms with Crippen molar-refractivity contribution >= 4 is 33.4 Å². The molecule has 2 aliphatic rings. The van der Waals surface area contributed by atoms with Crippen LogP contribution >= 0.6 is 0 Å². The highest BCUT2D eigenvalue weighted by Crippen LogP contribution is 2.54. The van der Waals surface area contributed by atoms with E-state index in [2.05, 4.69) is 0 Å². The molecule has 1 fully saturated rings. The van der Waals surface area contributed by atoms with Gasteiger partial charge in [0.15, 0.2) is 5.54 Å². The van der Waals surface area contributed by atoms with Crippen molar-refractivity contribution in [1.29, 1.82) is 0 Å². The van der Waals surface area contributed by atoms with Gasteiger partial charge in [-0.3, -0.25) is 19.3 Å². The van der Waals surface area contributed by atoms with Gasteiger partial charge in [0.05, 0.1) is 39.5 Å². The largest absolute Gasteiger partial charge is 0.497 e. The van der Waals surface area contributed by atoms with Gasteiger partial charge in [-0.05, 0) is 60.9 Å². The second-order valence-electron chi connectivity index (χ2n) is 11.6. The zero-order chi connectivity index (χ0) is 34.3. The SMILES string of the molecule is COc1ccc(S(=O)(=O)N2C(=O)C(c3cc(CC(N)=O)ccc3OC)(N3CCCC[C@H]3C(=O)N(C)C)c3cc(F)ccc32)c(OC)c1. The van der Waals surface area contributed by atoms with Crippen LogP contribution < -0.4 is 24.2 Å². The minimum atomic E-state index is -4.76. The van der Waals surface area contributed by atoms with Crippen LogP contribution in [0.25, 0.3) is 0 Å². The summed E-state index contributed by atoms with van der Waals surface area (Å²) in [6.07, 6.45) is 1.35. The molecule has 3 aromatic carbocycles. The fourth-order valence-electron chi connectivity index (χ4n) is 6.60. The molecule has 3 amide bonds. The van der Waals surface area contributed by atoms with Gasteiger partial charge in [-0.15, -0.1) is 0 Å². The van der Waals surface area contributed by atoms with Crippen LogP contribution in [0.15, 0.2) is 59.5 Å². The summed E-state index contributed by atoms with van der Waals surface area (Å²) < 4.78 is 61.8. The first-order valence-corrected chi connectivity index (χ1v) is 16.3. The molecule has 5 rings (SSSR count). The third-order valence-electron chi connectivity index (χ3n) is 8.64. The van der Waals surface area contributed by atoms with Crippen molar-refractivity contribution in [2.75, 3.05) is 46.3 Å². The summed E-state index contributed by atoms with van der Waals surface area (Å²) in [5.74, 6) is -2.29. The lowest BCUT2D eigenvalue weighted by molar-refractivity contribution is -0.142. The summed E-state index contributed by atoms with van der Waals surface area (Å²) in [6.45, 7) is 0.175. The van der Waals surface area contributed by atoms with Gasteiger partial charge in [0, 0.05) is 37.8 Å². The number of methoxy groups -OCH3 is 3. The van der Waals surface area contributed by atoms with Crippen molar-refractivity contribution in [1.82, 2.24) is 9.80 Å². The lowest BCUT2D eigenvalue weighted by Crippen LogP contribution is -2.62. The number of halogens is 1. The predicted molar refractivity (Wildman–Crippen MR) is 170 cm³/mol. The number of fused-ring (bicyclic) bond motifs is 1. The Labute approximate surface area is 272 Å². The van der Waals surface area contributed by atoms with E-state index in [1.165, 1.54) is 62.6 Å². The van der Waals surface area contributed by atoms with Crippen molar-refractivity contribution < 1.29 is 41.4 Å². The first-order valence-electron chi connectivity index (χ1n) is 14.9. The van der Waals surface area contributed by atoms with E-state index in [4.69, 9.17) is 19.9 Å². The van der Waals surface area contributed by atoms with Gasteiger partial charge in [0.1, 0.15) is 28.0 Å². The van der Waals surface area contributed by atoms with Crippen molar-refractivity contribution in [3.05, 3.63) is 77.1 Å². The number of sulfonamides is 1. The highest BCUT2D eigenvalue weighted by molar-refractivity contribution is 7.93. The number of benzene rings is 3. The number of likely N-dealkylation sites (N-methyl/N-ethyl adjacent to an activating group) is 1. The van der Waals surface area contributed by atoms with Crippen LogP contribution in [-0.4, -0.2) is 84.0 Å². The molecule has 47 heavy (non-hydrogen) atoms. The van der Waals surface area contributed by atoms with E-state index in [-0.39, 0.29) is 52.1 Å².